The predicted octanol–water partition coefficient (Wildman–Crippen LogP) is 14.0. The average molecular weight is 1100 g/mol. The molecule has 0 spiro atoms. The number of aliphatic carboxylic acids is 2. The molecule has 5 atom stereocenters. The normalized spacial score (nSPS) is 24.3. The summed E-state index contributed by atoms with van der Waals surface area (Å²) in [6, 6.07) is 9.43. The smallest absolute Gasteiger partial charge is 0.342 e. The molecule has 15 heteroatoms. The van der Waals surface area contributed by atoms with Gasteiger partial charge in [-0.25, -0.2) is 14.6 Å². The number of rotatable bonds is 17. The first-order valence-corrected chi connectivity index (χ1v) is 29.4. The number of amides is 2. The number of carbonyl (C=O) groups excluding carboxylic acids is 4. The summed E-state index contributed by atoms with van der Waals surface area (Å²) in [6.45, 7) is 38.1. The van der Waals surface area contributed by atoms with Crippen molar-refractivity contribution in [2.45, 2.75) is 200 Å². The number of aromatic amines is 1. The van der Waals surface area contributed by atoms with E-state index in [1.165, 1.54) is 0 Å². The molecule has 1 aromatic heterocycles. The molecule has 3 aliphatic rings. The standard InChI is InChI=1S/C63H94N4O10S/c1-35-29-39(59(4,5)6)51(40(30-35)60(7,8)9)76-56(73)48-37(3)43(64-53(48)66-46(68)27-23-20-24-28-78-45(55(71)72)34-47(69)70)33-44-49(38-25-21-19-22-26-38)50(54(65-44)67-58(75)63(16,17)18)57(74)77-52-41(61(10,11)12)31-36(2)32-42(52)62(13,14)15/h19,21-22,25-26,33,35-36,39-42,45,51-52,65H,20,23-24,27-32,34H2,1-18H3,(H,67,75)(H,69,70)(H,71,72)(H,64,66,68)/b43-33-. The van der Waals surface area contributed by atoms with Crippen molar-refractivity contribution in [2.24, 2.45) is 67.6 Å². The number of nitrogens with one attached hydrogen (secondary N) is 3. The van der Waals surface area contributed by atoms with E-state index >= 15 is 9.59 Å². The summed E-state index contributed by atoms with van der Waals surface area (Å²) in [5, 5.41) is 23.6. The minimum absolute atomic E-state index is 0.0350. The lowest BCUT2D eigenvalue weighted by molar-refractivity contribution is -0.164. The number of benzene rings is 1. The van der Waals surface area contributed by atoms with Gasteiger partial charge in [-0.15, -0.1) is 11.8 Å². The van der Waals surface area contributed by atoms with Crippen LogP contribution in [0.15, 0.2) is 52.2 Å². The largest absolute Gasteiger partial charge is 0.481 e. The first-order chi connectivity index (χ1) is 35.9. The number of thioether (sulfide) groups is 1. The lowest BCUT2D eigenvalue weighted by Crippen LogP contribution is -2.50. The molecule has 0 saturated heterocycles. The highest BCUT2D eigenvalue weighted by atomic mass is 32.2. The van der Waals surface area contributed by atoms with Gasteiger partial charge in [0.25, 0.3) is 0 Å². The van der Waals surface area contributed by atoms with Crippen LogP contribution in [0.5, 0.6) is 0 Å². The summed E-state index contributed by atoms with van der Waals surface area (Å²) in [6.07, 6.45) is 5.60. The number of hydrogen-bond acceptors (Lipinski definition) is 10. The Labute approximate surface area is 470 Å². The average Bonchev–Trinajstić information content (AvgIpc) is 3.82. The minimum atomic E-state index is -1.18. The number of aromatic nitrogens is 1. The molecule has 0 radical (unpaired) electrons. The Bertz CT molecular complexity index is 2560. The Morgan fingerprint density at radius 3 is 1.64 bits per heavy atom. The van der Waals surface area contributed by atoms with Crippen molar-refractivity contribution in [1.82, 2.24) is 10.3 Å². The number of ether oxygens (including phenoxy) is 2. The number of allylic oxidation sites excluding steroid dienone is 1. The van der Waals surface area contributed by atoms with Gasteiger partial charge in [0, 0.05) is 41.1 Å². The lowest BCUT2D eigenvalue weighted by Gasteiger charge is -2.50. The number of H-pyrrole nitrogens is 1. The van der Waals surface area contributed by atoms with E-state index in [2.05, 4.69) is 113 Å². The topological polar surface area (TPSA) is 214 Å². The van der Waals surface area contributed by atoms with Crippen LogP contribution in [-0.2, 0) is 33.4 Å². The molecule has 2 fully saturated rings. The highest BCUT2D eigenvalue weighted by Crippen LogP contribution is 2.52. The zero-order chi connectivity index (χ0) is 58.6. The van der Waals surface area contributed by atoms with E-state index in [1.54, 1.807) is 33.8 Å². The van der Waals surface area contributed by atoms with E-state index in [-0.39, 0.29) is 86.4 Å². The molecule has 5 unspecified atom stereocenters. The number of carboxylic acids is 2. The Morgan fingerprint density at radius 2 is 1.19 bits per heavy atom. The number of nitrogens with zero attached hydrogens (tertiary/aromatic N) is 1. The van der Waals surface area contributed by atoms with Gasteiger partial charge in [-0.05, 0) is 102 Å². The van der Waals surface area contributed by atoms with E-state index in [4.69, 9.17) is 19.6 Å². The SMILES string of the molecule is CC1=C(C(=O)OC2C(C(C)(C)C)CC(C)CC2C(C)(C)C)C(NC(=O)CCCCCSC(CC(=O)O)C(=O)O)=N/C1=C\c1[nH]c(NC(=O)C(C)(C)C)c(C(=O)OC2C(C(C)(C)C)CC(C)CC2C(C)(C)C)c1-c1ccccc1. The molecule has 2 aliphatic carbocycles. The molecule has 2 heterocycles. The lowest BCUT2D eigenvalue weighted by atomic mass is 9.59. The monoisotopic (exact) mass is 1100 g/mol. The third kappa shape index (κ3) is 16.2. The van der Waals surface area contributed by atoms with Gasteiger partial charge in [-0.2, -0.15) is 0 Å². The van der Waals surface area contributed by atoms with Crippen LogP contribution < -0.4 is 10.6 Å². The zero-order valence-corrected chi connectivity index (χ0v) is 51.1. The molecule has 2 amide bonds. The van der Waals surface area contributed by atoms with Gasteiger partial charge in [0.1, 0.15) is 40.2 Å². The highest BCUT2D eigenvalue weighted by Gasteiger charge is 2.50. The molecule has 0 bridgehead atoms. The minimum Gasteiger partial charge on any atom is -0.481 e. The van der Waals surface area contributed by atoms with Crippen LogP contribution in [0.1, 0.15) is 198 Å². The number of carboxylic acid groups (broad SMARTS) is 2. The molecule has 2 aromatic rings. The second-order valence-electron chi connectivity index (χ2n) is 28.2. The summed E-state index contributed by atoms with van der Waals surface area (Å²) in [4.78, 5) is 89.8. The number of esters is 2. The molecule has 5 rings (SSSR count). The molecule has 1 aliphatic heterocycles. The summed E-state index contributed by atoms with van der Waals surface area (Å²) < 4.78 is 13.7. The highest BCUT2D eigenvalue weighted by molar-refractivity contribution is 8.00. The van der Waals surface area contributed by atoms with Crippen LogP contribution in [0.4, 0.5) is 5.82 Å². The van der Waals surface area contributed by atoms with Gasteiger partial charge in [0.15, 0.2) is 0 Å². The molecule has 432 valence electrons. The maximum atomic E-state index is 15.5. The number of carbonyl (C=O) groups is 6. The Kier molecular flexibility index (Phi) is 20.5. The van der Waals surface area contributed by atoms with Crippen LogP contribution in [0.3, 0.4) is 0 Å². The van der Waals surface area contributed by atoms with Crippen LogP contribution >= 0.6 is 11.8 Å². The van der Waals surface area contributed by atoms with Crippen molar-refractivity contribution < 1.29 is 48.5 Å². The molecule has 2 saturated carbocycles. The number of hydrogen-bond donors (Lipinski definition) is 5. The molecular formula is C63H94N4O10S. The summed E-state index contributed by atoms with van der Waals surface area (Å²) in [5.74, 6) is -2.63. The maximum Gasteiger partial charge on any atom is 0.342 e. The fourth-order valence-corrected chi connectivity index (χ4v) is 12.8. The van der Waals surface area contributed by atoms with Crippen molar-refractivity contribution in [3.8, 4) is 11.1 Å². The van der Waals surface area contributed by atoms with Crippen LogP contribution in [0.2, 0.25) is 0 Å². The van der Waals surface area contributed by atoms with Gasteiger partial charge in [-0.3, -0.25) is 19.2 Å². The molecule has 78 heavy (non-hydrogen) atoms. The fourth-order valence-electron chi connectivity index (χ4n) is 11.8. The van der Waals surface area contributed by atoms with E-state index < -0.39 is 53.2 Å². The van der Waals surface area contributed by atoms with Crippen molar-refractivity contribution in [3.63, 3.8) is 0 Å². The van der Waals surface area contributed by atoms with E-state index in [9.17, 15) is 24.3 Å². The first-order valence-electron chi connectivity index (χ1n) is 28.3. The Morgan fingerprint density at radius 1 is 0.705 bits per heavy atom. The van der Waals surface area contributed by atoms with Crippen molar-refractivity contribution in [2.75, 3.05) is 11.1 Å². The van der Waals surface area contributed by atoms with Crippen LogP contribution in [0, 0.1) is 62.6 Å². The van der Waals surface area contributed by atoms with E-state index in [0.29, 0.717) is 64.9 Å². The number of amidine groups is 1. The van der Waals surface area contributed by atoms with Gasteiger partial charge < -0.3 is 35.3 Å². The molecule has 5 N–H and O–H groups in total. The number of anilines is 1. The molecular weight excluding hydrogens is 1000 g/mol. The third-order valence-corrected chi connectivity index (χ3v) is 17.6. The molecule has 1 aromatic carbocycles. The van der Waals surface area contributed by atoms with Crippen molar-refractivity contribution in [3.05, 3.63) is 58.4 Å². The van der Waals surface area contributed by atoms with Gasteiger partial charge in [0.2, 0.25) is 11.8 Å². The van der Waals surface area contributed by atoms with Gasteiger partial charge in [-0.1, -0.05) is 154 Å². The number of unbranched alkanes of at least 4 members (excludes halogenated alkanes) is 2. The second kappa shape index (κ2) is 25.1. The van der Waals surface area contributed by atoms with E-state index in [0.717, 1.165) is 37.4 Å². The predicted molar refractivity (Wildman–Crippen MR) is 313 cm³/mol. The summed E-state index contributed by atoms with van der Waals surface area (Å²) >= 11 is 1.07. The zero-order valence-electron chi connectivity index (χ0n) is 50.2. The number of aliphatic imine (C=N–C) groups is 1. The van der Waals surface area contributed by atoms with E-state index in [1.807, 2.05) is 30.3 Å². The maximum absolute atomic E-state index is 15.5. The fraction of sp³-hybridized carbons (Fsp3) is 0.667. The second-order valence-corrected chi connectivity index (χ2v) is 29.5. The van der Waals surface area contributed by atoms with Crippen molar-refractivity contribution in [1.29, 1.82) is 0 Å². The third-order valence-electron chi connectivity index (χ3n) is 16.3. The van der Waals surface area contributed by atoms with Gasteiger partial charge >= 0.3 is 23.9 Å². The van der Waals surface area contributed by atoms with Crippen LogP contribution in [0.25, 0.3) is 17.2 Å². The summed E-state index contributed by atoms with van der Waals surface area (Å²) in [7, 11) is 0. The molecule has 14 nitrogen and oxygen atoms in total. The Hall–Kier alpha value is -5.18. The van der Waals surface area contributed by atoms with Crippen LogP contribution in [-0.4, -0.2) is 79.9 Å². The first kappa shape index (κ1) is 63.6. The summed E-state index contributed by atoms with van der Waals surface area (Å²) in [5.41, 5.74) is 0.997. The van der Waals surface area contributed by atoms with Gasteiger partial charge in [0.05, 0.1) is 17.8 Å². The van der Waals surface area contributed by atoms with Crippen molar-refractivity contribution >= 4 is 65.2 Å². The quantitative estimate of drug-likeness (QED) is 0.0742. The Balaban J connectivity index is 1.66.